The van der Waals surface area contributed by atoms with Crippen LogP contribution in [0.4, 0.5) is 0 Å². The van der Waals surface area contributed by atoms with Crippen LogP contribution in [0.25, 0.3) is 23.1 Å². The molecule has 0 spiro atoms. The topological polar surface area (TPSA) is 68.7 Å². The largest absolute Gasteiger partial charge is 0.481 e. The molecule has 6 heteroatoms. The van der Waals surface area contributed by atoms with Crippen LogP contribution in [-0.4, -0.2) is 34.7 Å². The third kappa shape index (κ3) is 8.47. The Bertz CT molecular complexity index is 1670. The first-order valence-electron chi connectivity index (χ1n) is 16.6. The number of hydrogen-bond acceptors (Lipinski definition) is 5. The number of thioether (sulfide) groups is 1. The number of ether oxygens (including phenoxy) is 2. The van der Waals surface area contributed by atoms with Crippen LogP contribution in [0.1, 0.15) is 92.0 Å². The number of aliphatic carboxylic acids is 1. The van der Waals surface area contributed by atoms with Crippen molar-refractivity contribution in [1.29, 1.82) is 0 Å². The van der Waals surface area contributed by atoms with Crippen LogP contribution < -0.4 is 0 Å². The summed E-state index contributed by atoms with van der Waals surface area (Å²) in [7, 11) is 0. The van der Waals surface area contributed by atoms with E-state index in [-0.39, 0.29) is 23.4 Å². The van der Waals surface area contributed by atoms with Crippen LogP contribution in [0.5, 0.6) is 0 Å². The van der Waals surface area contributed by atoms with Gasteiger partial charge in [-0.15, -0.1) is 0 Å². The fourth-order valence-corrected chi connectivity index (χ4v) is 8.09. The number of aromatic nitrogens is 1. The second-order valence-corrected chi connectivity index (χ2v) is 14.6. The molecule has 3 aromatic carbocycles. The quantitative estimate of drug-likeness (QED) is 0.149. The first-order valence-corrected chi connectivity index (χ1v) is 17.7. The van der Waals surface area contributed by atoms with Gasteiger partial charge in [-0.05, 0) is 105 Å². The molecule has 240 valence electrons. The van der Waals surface area contributed by atoms with Crippen molar-refractivity contribution in [2.75, 3.05) is 12.4 Å². The van der Waals surface area contributed by atoms with Gasteiger partial charge in [0.2, 0.25) is 0 Å². The second-order valence-electron chi connectivity index (χ2n) is 13.4. The second kappa shape index (κ2) is 14.5. The van der Waals surface area contributed by atoms with Gasteiger partial charge < -0.3 is 14.6 Å². The standard InChI is InChI=1S/C40H45NO4S/c1-39(2,45-38-16-7-8-25-44-38)34-14-5-3-11-30(34)19-22-36(46-28-40(23-24-40)27-37(42)43)32-13-9-10-29(26-32)17-20-33-21-18-31-12-4-6-15-35(31)41-33/h3-6,9-15,17-18,20-21,26,36,38H,7-8,16,19,22-25,27-28H2,1-2H3,(H,42,43)/b20-17+/t36-,38?/m1/s1. The van der Waals surface area contributed by atoms with Gasteiger partial charge >= 0.3 is 5.97 Å². The van der Waals surface area contributed by atoms with Crippen LogP contribution in [0.2, 0.25) is 0 Å². The SMILES string of the molecule is CC(C)(OC1CCCCO1)c1ccccc1CC[C@@H](SCC1(CC(=O)O)CC1)c1cccc(/C=C/c2ccc3ccccc3n2)c1. The van der Waals surface area contributed by atoms with E-state index in [2.05, 4.69) is 92.7 Å². The molecule has 2 heterocycles. The zero-order valence-corrected chi connectivity index (χ0v) is 27.8. The smallest absolute Gasteiger partial charge is 0.303 e. The summed E-state index contributed by atoms with van der Waals surface area (Å²) in [6.45, 7) is 5.07. The van der Waals surface area contributed by atoms with Gasteiger partial charge in [0.1, 0.15) is 0 Å². The molecule has 0 radical (unpaired) electrons. The molecule has 6 rings (SSSR count). The van der Waals surface area contributed by atoms with E-state index in [0.717, 1.165) is 79.5 Å². The molecule has 1 saturated carbocycles. The van der Waals surface area contributed by atoms with Crippen LogP contribution in [-0.2, 0) is 26.3 Å². The third-order valence-corrected chi connectivity index (χ3v) is 11.0. The van der Waals surface area contributed by atoms with Crippen molar-refractivity contribution in [2.24, 2.45) is 5.41 Å². The summed E-state index contributed by atoms with van der Waals surface area (Å²) in [4.78, 5) is 16.4. The van der Waals surface area contributed by atoms with Crippen molar-refractivity contribution in [2.45, 2.75) is 82.4 Å². The van der Waals surface area contributed by atoms with Crippen molar-refractivity contribution < 1.29 is 19.4 Å². The lowest BCUT2D eigenvalue weighted by Gasteiger charge is -2.34. The minimum Gasteiger partial charge on any atom is -0.481 e. The highest BCUT2D eigenvalue weighted by molar-refractivity contribution is 7.99. The molecule has 46 heavy (non-hydrogen) atoms. The highest BCUT2D eigenvalue weighted by Crippen LogP contribution is 2.53. The monoisotopic (exact) mass is 635 g/mol. The molecule has 2 fully saturated rings. The average molecular weight is 636 g/mol. The molecular formula is C40H45NO4S. The van der Waals surface area contributed by atoms with E-state index in [4.69, 9.17) is 14.5 Å². The van der Waals surface area contributed by atoms with Gasteiger partial charge in [0, 0.05) is 23.0 Å². The van der Waals surface area contributed by atoms with Gasteiger partial charge in [0.15, 0.2) is 6.29 Å². The summed E-state index contributed by atoms with van der Waals surface area (Å²) in [6.07, 6.45) is 11.3. The van der Waals surface area contributed by atoms with E-state index in [9.17, 15) is 9.90 Å². The number of carboxylic acids is 1. The average Bonchev–Trinajstić information content (AvgIpc) is 3.82. The number of rotatable bonds is 14. The molecule has 0 bridgehead atoms. The lowest BCUT2D eigenvalue weighted by atomic mass is 9.89. The summed E-state index contributed by atoms with van der Waals surface area (Å²) in [5.74, 6) is 0.169. The summed E-state index contributed by atoms with van der Waals surface area (Å²) in [5.41, 5.74) is 6.28. The Morgan fingerprint density at radius 3 is 2.67 bits per heavy atom. The number of pyridine rings is 1. The Labute approximate surface area is 277 Å². The molecule has 1 aromatic heterocycles. The maximum Gasteiger partial charge on any atom is 0.303 e. The van der Waals surface area contributed by atoms with E-state index < -0.39 is 11.6 Å². The summed E-state index contributed by atoms with van der Waals surface area (Å²) in [6, 6.07) is 29.8. The number of carbonyl (C=O) groups is 1. The van der Waals surface area contributed by atoms with Crippen LogP contribution >= 0.6 is 11.8 Å². The molecule has 1 aliphatic carbocycles. The third-order valence-electron chi connectivity index (χ3n) is 9.33. The van der Waals surface area contributed by atoms with Gasteiger partial charge in [0.25, 0.3) is 0 Å². The molecule has 1 unspecified atom stereocenters. The lowest BCUT2D eigenvalue weighted by Crippen LogP contribution is -2.33. The normalized spacial score (nSPS) is 18.5. The molecule has 1 N–H and O–H groups in total. The van der Waals surface area contributed by atoms with Gasteiger partial charge in [0.05, 0.1) is 23.2 Å². The molecule has 2 aliphatic rings. The highest BCUT2D eigenvalue weighted by Gasteiger charge is 2.44. The van der Waals surface area contributed by atoms with Crippen LogP contribution in [0.15, 0.2) is 84.9 Å². The molecule has 1 aliphatic heterocycles. The Kier molecular flexibility index (Phi) is 10.3. The Balaban J connectivity index is 1.21. The van der Waals surface area contributed by atoms with Crippen molar-refractivity contribution >= 4 is 40.8 Å². The van der Waals surface area contributed by atoms with Crippen LogP contribution in [0.3, 0.4) is 0 Å². The zero-order chi connectivity index (χ0) is 32.0. The minimum absolute atomic E-state index is 0.0677. The number of aryl methyl sites for hydroxylation is 1. The van der Waals surface area contributed by atoms with Crippen LogP contribution in [0, 0.1) is 5.41 Å². The predicted octanol–water partition coefficient (Wildman–Crippen LogP) is 9.85. The van der Waals surface area contributed by atoms with E-state index in [1.54, 1.807) is 0 Å². The molecular weight excluding hydrogens is 591 g/mol. The Morgan fingerprint density at radius 1 is 1.04 bits per heavy atom. The maximum absolute atomic E-state index is 11.6. The number of benzene rings is 3. The van der Waals surface area contributed by atoms with Crippen molar-refractivity contribution in [3.63, 3.8) is 0 Å². The Hall–Kier alpha value is -3.45. The number of hydrogen-bond donors (Lipinski definition) is 1. The molecule has 2 atom stereocenters. The number of para-hydroxylation sites is 1. The number of nitrogens with zero attached hydrogens (tertiary/aromatic N) is 1. The number of fused-ring (bicyclic) bond motifs is 1. The first-order chi connectivity index (χ1) is 22.3. The molecule has 1 saturated heterocycles. The molecule has 5 nitrogen and oxygen atoms in total. The van der Waals surface area contributed by atoms with E-state index in [0.29, 0.717) is 0 Å². The Morgan fingerprint density at radius 2 is 1.87 bits per heavy atom. The maximum atomic E-state index is 11.6. The van der Waals surface area contributed by atoms with Crippen molar-refractivity contribution in [3.05, 3.63) is 113 Å². The minimum atomic E-state index is -0.692. The van der Waals surface area contributed by atoms with Gasteiger partial charge in [-0.1, -0.05) is 78.9 Å². The number of carboxylic acid groups (broad SMARTS) is 1. The van der Waals surface area contributed by atoms with Gasteiger partial charge in [-0.2, -0.15) is 11.8 Å². The van der Waals surface area contributed by atoms with E-state index in [1.165, 1.54) is 16.7 Å². The molecule has 4 aromatic rings. The van der Waals surface area contributed by atoms with E-state index >= 15 is 0 Å². The predicted molar refractivity (Wildman–Crippen MR) is 189 cm³/mol. The first kappa shape index (κ1) is 32.5. The van der Waals surface area contributed by atoms with Crippen molar-refractivity contribution in [1.82, 2.24) is 4.98 Å². The van der Waals surface area contributed by atoms with Gasteiger partial charge in [-0.3, -0.25) is 4.79 Å². The van der Waals surface area contributed by atoms with Gasteiger partial charge in [-0.25, -0.2) is 4.98 Å². The fraction of sp³-hybridized carbons (Fsp3) is 0.400. The fourth-order valence-electron chi connectivity index (χ4n) is 6.52. The molecule has 0 amide bonds. The highest BCUT2D eigenvalue weighted by atomic mass is 32.2. The summed E-state index contributed by atoms with van der Waals surface area (Å²) in [5, 5.41) is 10.9. The zero-order valence-electron chi connectivity index (χ0n) is 27.0. The van der Waals surface area contributed by atoms with E-state index in [1.807, 2.05) is 30.0 Å². The summed E-state index contributed by atoms with van der Waals surface area (Å²) >= 11 is 1.92. The summed E-state index contributed by atoms with van der Waals surface area (Å²) < 4.78 is 12.5. The van der Waals surface area contributed by atoms with Crippen molar-refractivity contribution in [3.8, 4) is 0 Å². The lowest BCUT2D eigenvalue weighted by molar-refractivity contribution is -0.219.